The van der Waals surface area contributed by atoms with Gasteiger partial charge in [0.2, 0.25) is 5.75 Å². The number of nitrogens with zero attached hydrogens (tertiary/aromatic N) is 2. The zero-order valence-electron chi connectivity index (χ0n) is 10.6. The molecule has 1 heterocycles. The van der Waals surface area contributed by atoms with Gasteiger partial charge in [-0.3, -0.25) is 9.36 Å². The van der Waals surface area contributed by atoms with Gasteiger partial charge in [0.05, 0.1) is 6.20 Å². The quantitative estimate of drug-likeness (QED) is 0.827. The third-order valence-electron chi connectivity index (χ3n) is 2.77. The van der Waals surface area contributed by atoms with Gasteiger partial charge in [-0.2, -0.15) is 0 Å². The van der Waals surface area contributed by atoms with E-state index in [2.05, 4.69) is 4.98 Å². The number of aromatic nitrogens is 2. The van der Waals surface area contributed by atoms with Crippen molar-refractivity contribution in [1.82, 2.24) is 9.55 Å². The van der Waals surface area contributed by atoms with E-state index in [1.807, 2.05) is 44.2 Å². The molecular weight excluding hydrogens is 228 g/mol. The van der Waals surface area contributed by atoms with Gasteiger partial charge in [-0.1, -0.05) is 30.3 Å². The van der Waals surface area contributed by atoms with Crippen LogP contribution in [-0.4, -0.2) is 9.55 Å². The second kappa shape index (κ2) is 5.49. The van der Waals surface area contributed by atoms with Crippen LogP contribution in [0.5, 0.6) is 5.75 Å². The molecule has 2 aromatic rings. The third-order valence-corrected chi connectivity index (χ3v) is 2.77. The first kappa shape index (κ1) is 12.4. The minimum Gasteiger partial charge on any atom is -0.482 e. The Bertz CT molecular complexity index is 576. The lowest BCUT2D eigenvalue weighted by atomic mass is 10.2. The molecular formula is C14H16N2O2. The first-order chi connectivity index (χ1) is 8.72. The number of rotatable bonds is 4. The SMILES string of the molecule is CCn1c(C)ncc(OCc2ccccc2)c1=O. The van der Waals surface area contributed by atoms with E-state index >= 15 is 0 Å². The summed E-state index contributed by atoms with van der Waals surface area (Å²) >= 11 is 0. The van der Waals surface area contributed by atoms with Crippen molar-refractivity contribution >= 4 is 0 Å². The topological polar surface area (TPSA) is 44.1 Å². The van der Waals surface area contributed by atoms with Crippen molar-refractivity contribution in [2.45, 2.75) is 27.0 Å². The summed E-state index contributed by atoms with van der Waals surface area (Å²) in [5.74, 6) is 1.00. The Kier molecular flexibility index (Phi) is 3.77. The molecule has 94 valence electrons. The Morgan fingerprint density at radius 2 is 2.00 bits per heavy atom. The smallest absolute Gasteiger partial charge is 0.295 e. The van der Waals surface area contributed by atoms with Crippen LogP contribution in [-0.2, 0) is 13.2 Å². The molecule has 0 aliphatic heterocycles. The van der Waals surface area contributed by atoms with Crippen LogP contribution in [0.1, 0.15) is 18.3 Å². The van der Waals surface area contributed by atoms with Crippen LogP contribution >= 0.6 is 0 Å². The molecule has 4 heteroatoms. The molecule has 0 aliphatic rings. The average molecular weight is 244 g/mol. The fourth-order valence-electron chi connectivity index (χ4n) is 1.76. The maximum Gasteiger partial charge on any atom is 0.295 e. The van der Waals surface area contributed by atoms with Gasteiger partial charge in [-0.15, -0.1) is 0 Å². The van der Waals surface area contributed by atoms with Crippen molar-refractivity contribution in [3.63, 3.8) is 0 Å². The van der Waals surface area contributed by atoms with E-state index in [0.717, 1.165) is 5.56 Å². The molecule has 0 unspecified atom stereocenters. The molecule has 0 N–H and O–H groups in total. The van der Waals surface area contributed by atoms with Gasteiger partial charge in [-0.05, 0) is 19.4 Å². The van der Waals surface area contributed by atoms with Crippen molar-refractivity contribution in [2.75, 3.05) is 0 Å². The maximum absolute atomic E-state index is 12.0. The van der Waals surface area contributed by atoms with Crippen LogP contribution in [0.25, 0.3) is 0 Å². The van der Waals surface area contributed by atoms with Gasteiger partial charge in [0.15, 0.2) is 0 Å². The van der Waals surface area contributed by atoms with Crippen molar-refractivity contribution < 1.29 is 4.74 Å². The molecule has 1 aromatic heterocycles. The lowest BCUT2D eigenvalue weighted by Crippen LogP contribution is -2.24. The molecule has 0 spiro atoms. The zero-order valence-corrected chi connectivity index (χ0v) is 10.6. The lowest BCUT2D eigenvalue weighted by Gasteiger charge is -2.09. The van der Waals surface area contributed by atoms with E-state index in [0.29, 0.717) is 24.7 Å². The summed E-state index contributed by atoms with van der Waals surface area (Å²) in [5, 5.41) is 0. The van der Waals surface area contributed by atoms with Crippen molar-refractivity contribution in [1.29, 1.82) is 0 Å². The van der Waals surface area contributed by atoms with E-state index < -0.39 is 0 Å². The molecule has 0 radical (unpaired) electrons. The normalized spacial score (nSPS) is 10.3. The lowest BCUT2D eigenvalue weighted by molar-refractivity contribution is 0.296. The molecule has 0 amide bonds. The average Bonchev–Trinajstić information content (AvgIpc) is 2.40. The molecule has 2 rings (SSSR count). The second-order valence-corrected chi connectivity index (χ2v) is 3.99. The monoisotopic (exact) mass is 244 g/mol. The number of benzene rings is 1. The first-order valence-electron chi connectivity index (χ1n) is 5.95. The number of hydrogen-bond donors (Lipinski definition) is 0. The van der Waals surface area contributed by atoms with E-state index in [-0.39, 0.29) is 5.56 Å². The predicted molar refractivity (Wildman–Crippen MR) is 69.7 cm³/mol. The van der Waals surface area contributed by atoms with Gasteiger partial charge in [-0.25, -0.2) is 4.98 Å². The van der Waals surface area contributed by atoms with Gasteiger partial charge >= 0.3 is 0 Å². The van der Waals surface area contributed by atoms with Crippen LogP contribution < -0.4 is 10.3 Å². The Labute approximate surface area is 106 Å². The highest BCUT2D eigenvalue weighted by Gasteiger charge is 2.07. The number of aryl methyl sites for hydroxylation is 1. The van der Waals surface area contributed by atoms with Crippen LogP contribution in [0.15, 0.2) is 41.3 Å². The predicted octanol–water partition coefficient (Wildman–Crippen LogP) is 2.15. The highest BCUT2D eigenvalue weighted by molar-refractivity contribution is 5.17. The first-order valence-corrected chi connectivity index (χ1v) is 5.95. The molecule has 1 aromatic carbocycles. The molecule has 0 bridgehead atoms. The third kappa shape index (κ3) is 2.59. The highest BCUT2D eigenvalue weighted by Crippen LogP contribution is 2.06. The van der Waals surface area contributed by atoms with Crippen LogP contribution in [0.3, 0.4) is 0 Å². The van der Waals surface area contributed by atoms with Crippen molar-refractivity contribution in [3.8, 4) is 5.75 Å². The molecule has 0 aliphatic carbocycles. The van der Waals surface area contributed by atoms with E-state index in [4.69, 9.17) is 4.74 Å². The van der Waals surface area contributed by atoms with Crippen LogP contribution in [0.2, 0.25) is 0 Å². The molecule has 0 atom stereocenters. The van der Waals surface area contributed by atoms with E-state index in [9.17, 15) is 4.79 Å². The summed E-state index contributed by atoms with van der Waals surface area (Å²) < 4.78 is 7.12. The summed E-state index contributed by atoms with van der Waals surface area (Å²) in [7, 11) is 0. The molecule has 0 fully saturated rings. The fourth-order valence-corrected chi connectivity index (χ4v) is 1.76. The summed E-state index contributed by atoms with van der Waals surface area (Å²) in [5.41, 5.74) is 0.904. The molecule has 4 nitrogen and oxygen atoms in total. The van der Waals surface area contributed by atoms with Gasteiger partial charge in [0.1, 0.15) is 12.4 Å². The summed E-state index contributed by atoms with van der Waals surface area (Å²) in [4.78, 5) is 16.2. The molecule has 18 heavy (non-hydrogen) atoms. The number of ether oxygens (including phenoxy) is 1. The van der Waals surface area contributed by atoms with Gasteiger partial charge in [0, 0.05) is 6.54 Å². The van der Waals surface area contributed by atoms with Crippen LogP contribution in [0, 0.1) is 6.92 Å². The fraction of sp³-hybridized carbons (Fsp3) is 0.286. The second-order valence-electron chi connectivity index (χ2n) is 3.99. The highest BCUT2D eigenvalue weighted by atomic mass is 16.5. The Balaban J connectivity index is 2.18. The van der Waals surface area contributed by atoms with E-state index in [1.165, 1.54) is 6.20 Å². The minimum atomic E-state index is -0.124. The van der Waals surface area contributed by atoms with Crippen molar-refractivity contribution in [2.24, 2.45) is 0 Å². The van der Waals surface area contributed by atoms with Crippen molar-refractivity contribution in [3.05, 3.63) is 58.3 Å². The summed E-state index contributed by atoms with van der Waals surface area (Å²) in [6.07, 6.45) is 1.49. The minimum absolute atomic E-state index is 0.124. The number of hydrogen-bond acceptors (Lipinski definition) is 3. The molecule has 0 saturated carbocycles. The molecule has 0 saturated heterocycles. The maximum atomic E-state index is 12.0. The van der Waals surface area contributed by atoms with Gasteiger partial charge < -0.3 is 4.74 Å². The Morgan fingerprint density at radius 3 is 2.67 bits per heavy atom. The zero-order chi connectivity index (χ0) is 13.0. The summed E-state index contributed by atoms with van der Waals surface area (Å²) in [6.45, 7) is 4.70. The van der Waals surface area contributed by atoms with Gasteiger partial charge in [0.25, 0.3) is 5.56 Å². The Morgan fingerprint density at radius 1 is 1.28 bits per heavy atom. The van der Waals surface area contributed by atoms with Crippen LogP contribution in [0.4, 0.5) is 0 Å². The standard InChI is InChI=1S/C14H16N2O2/c1-3-16-11(2)15-9-13(14(16)17)18-10-12-7-5-4-6-8-12/h4-9H,3,10H2,1-2H3. The van der Waals surface area contributed by atoms with E-state index in [1.54, 1.807) is 4.57 Å². The Hall–Kier alpha value is -2.10. The largest absolute Gasteiger partial charge is 0.482 e. The summed E-state index contributed by atoms with van der Waals surface area (Å²) in [6, 6.07) is 9.74.